The van der Waals surface area contributed by atoms with Crippen molar-refractivity contribution in [3.05, 3.63) is 60.4 Å². The molecule has 0 aliphatic rings. The van der Waals surface area contributed by atoms with Crippen molar-refractivity contribution in [1.82, 2.24) is 19.6 Å². The summed E-state index contributed by atoms with van der Waals surface area (Å²) >= 11 is 0. The highest BCUT2D eigenvalue weighted by Crippen LogP contribution is 2.30. The fourth-order valence-electron chi connectivity index (χ4n) is 2.89. The lowest BCUT2D eigenvalue weighted by Gasteiger charge is -2.20. The van der Waals surface area contributed by atoms with Gasteiger partial charge < -0.3 is 9.64 Å². The van der Waals surface area contributed by atoms with Crippen LogP contribution in [0.2, 0.25) is 0 Å². The third-order valence-corrected chi connectivity index (χ3v) is 4.04. The average Bonchev–Trinajstić information content (AvgIpc) is 3.05. The van der Waals surface area contributed by atoms with Gasteiger partial charge in [0, 0.05) is 25.2 Å². The minimum absolute atomic E-state index is 0.390. The fraction of sp³-hybridized carbons (Fsp3) is 0.167. The van der Waals surface area contributed by atoms with E-state index in [-0.39, 0.29) is 0 Å². The van der Waals surface area contributed by atoms with Crippen LogP contribution in [0.1, 0.15) is 5.82 Å². The molecule has 6 heteroatoms. The molecule has 0 aliphatic heterocycles. The van der Waals surface area contributed by atoms with E-state index < -0.39 is 0 Å². The number of methoxy groups -OCH3 is 1. The molecule has 2 aromatic heterocycles. The van der Waals surface area contributed by atoms with Crippen molar-refractivity contribution in [2.75, 3.05) is 19.1 Å². The molecule has 0 saturated heterocycles. The normalized spacial score (nSPS) is 11.2. The Bertz CT molecular complexity index is 996. The zero-order valence-corrected chi connectivity index (χ0v) is 13.5. The Morgan fingerprint density at radius 3 is 2.54 bits per heavy atom. The maximum absolute atomic E-state index is 5.23. The maximum Gasteiger partial charge on any atom is 0.257 e. The van der Waals surface area contributed by atoms with E-state index >= 15 is 0 Å². The van der Waals surface area contributed by atoms with Gasteiger partial charge >= 0.3 is 0 Å². The van der Waals surface area contributed by atoms with Crippen LogP contribution in [0.15, 0.2) is 54.6 Å². The molecule has 0 aliphatic carbocycles. The lowest BCUT2D eigenvalue weighted by atomic mass is 10.2. The van der Waals surface area contributed by atoms with E-state index in [1.54, 1.807) is 7.11 Å². The van der Waals surface area contributed by atoms with Gasteiger partial charge in [0.05, 0.1) is 5.52 Å². The molecule has 2 aromatic carbocycles. The maximum atomic E-state index is 5.23. The predicted molar refractivity (Wildman–Crippen MR) is 93.5 cm³/mol. The van der Waals surface area contributed by atoms with Crippen molar-refractivity contribution in [3.8, 4) is 0 Å². The third kappa shape index (κ3) is 2.28. The number of hydrogen-bond donors (Lipinski definition) is 0. The molecule has 120 valence electrons. The molecule has 0 atom stereocenters. The second-order valence-electron chi connectivity index (χ2n) is 5.53. The standard InChI is InChI=1S/C18H17N5O/c1-22(13-8-4-3-5-9-13)17-14-10-6-7-11-15(14)23-16(12-24-2)20-21-18(23)19-17/h3-11H,12H2,1-2H3. The topological polar surface area (TPSA) is 55.6 Å². The Morgan fingerprint density at radius 1 is 1.00 bits per heavy atom. The zero-order valence-electron chi connectivity index (χ0n) is 13.5. The first-order valence-corrected chi connectivity index (χ1v) is 7.70. The predicted octanol–water partition coefficient (Wildman–Crippen LogP) is 3.19. The first-order valence-electron chi connectivity index (χ1n) is 7.70. The number of benzene rings is 2. The SMILES string of the molecule is COCc1nnc2nc(N(C)c3ccccc3)c3ccccc3n12. The molecular weight excluding hydrogens is 302 g/mol. The molecule has 0 radical (unpaired) electrons. The van der Waals surface area contributed by atoms with Gasteiger partial charge in [-0.05, 0) is 24.3 Å². The number of fused-ring (bicyclic) bond motifs is 3. The molecule has 0 N–H and O–H groups in total. The van der Waals surface area contributed by atoms with Gasteiger partial charge in [-0.3, -0.25) is 4.40 Å². The summed E-state index contributed by atoms with van der Waals surface area (Å²) < 4.78 is 7.17. The smallest absolute Gasteiger partial charge is 0.257 e. The molecule has 0 unspecified atom stereocenters. The van der Waals surface area contributed by atoms with E-state index in [4.69, 9.17) is 9.72 Å². The first-order chi connectivity index (χ1) is 11.8. The Balaban J connectivity index is 1.99. The number of aromatic nitrogens is 4. The summed E-state index contributed by atoms with van der Waals surface area (Å²) in [6.45, 7) is 0.390. The summed E-state index contributed by atoms with van der Waals surface area (Å²) in [5.41, 5.74) is 2.08. The van der Waals surface area contributed by atoms with Crippen LogP contribution in [-0.2, 0) is 11.3 Å². The second-order valence-corrected chi connectivity index (χ2v) is 5.53. The van der Waals surface area contributed by atoms with Gasteiger partial charge in [0.25, 0.3) is 5.78 Å². The number of nitrogens with zero attached hydrogens (tertiary/aromatic N) is 5. The molecule has 0 saturated carbocycles. The molecule has 24 heavy (non-hydrogen) atoms. The number of anilines is 2. The molecule has 0 bridgehead atoms. The molecule has 0 fully saturated rings. The third-order valence-electron chi connectivity index (χ3n) is 4.04. The molecule has 0 amide bonds. The molecule has 0 spiro atoms. The van der Waals surface area contributed by atoms with Crippen molar-refractivity contribution in [2.24, 2.45) is 0 Å². The van der Waals surface area contributed by atoms with Crippen molar-refractivity contribution in [2.45, 2.75) is 6.61 Å². The highest BCUT2D eigenvalue weighted by Gasteiger charge is 2.16. The quantitative estimate of drug-likeness (QED) is 0.578. The van der Waals surface area contributed by atoms with Crippen molar-refractivity contribution in [3.63, 3.8) is 0 Å². The van der Waals surface area contributed by atoms with Crippen molar-refractivity contribution in [1.29, 1.82) is 0 Å². The Hall–Kier alpha value is -2.99. The van der Waals surface area contributed by atoms with E-state index in [9.17, 15) is 0 Å². The van der Waals surface area contributed by atoms with Gasteiger partial charge in [0.15, 0.2) is 5.82 Å². The molecule has 4 aromatic rings. The van der Waals surface area contributed by atoms with E-state index in [0.29, 0.717) is 12.4 Å². The highest BCUT2D eigenvalue weighted by atomic mass is 16.5. The number of hydrogen-bond acceptors (Lipinski definition) is 5. The van der Waals surface area contributed by atoms with Crippen LogP contribution in [0.25, 0.3) is 16.7 Å². The molecule has 6 nitrogen and oxygen atoms in total. The van der Waals surface area contributed by atoms with E-state index in [2.05, 4.69) is 39.4 Å². The summed E-state index contributed by atoms with van der Waals surface area (Å²) in [6, 6.07) is 18.3. The number of ether oxygens (including phenoxy) is 1. The number of para-hydroxylation sites is 2. The van der Waals surface area contributed by atoms with Gasteiger partial charge in [-0.25, -0.2) is 0 Å². The average molecular weight is 319 g/mol. The molecule has 2 heterocycles. The highest BCUT2D eigenvalue weighted by molar-refractivity contribution is 5.93. The summed E-state index contributed by atoms with van der Waals surface area (Å²) in [4.78, 5) is 6.80. The summed E-state index contributed by atoms with van der Waals surface area (Å²) in [7, 11) is 3.65. The summed E-state index contributed by atoms with van der Waals surface area (Å²) in [6.07, 6.45) is 0. The minimum atomic E-state index is 0.390. The minimum Gasteiger partial charge on any atom is -0.377 e. The van der Waals surface area contributed by atoms with Crippen LogP contribution in [0, 0.1) is 0 Å². The lowest BCUT2D eigenvalue weighted by Crippen LogP contribution is -2.13. The number of rotatable bonds is 4. The van der Waals surface area contributed by atoms with Gasteiger partial charge in [0.1, 0.15) is 12.4 Å². The zero-order chi connectivity index (χ0) is 16.5. The van der Waals surface area contributed by atoms with Crippen LogP contribution in [0.5, 0.6) is 0 Å². The van der Waals surface area contributed by atoms with Gasteiger partial charge in [-0.1, -0.05) is 30.3 Å². The van der Waals surface area contributed by atoms with Crippen molar-refractivity contribution >= 4 is 28.2 Å². The largest absolute Gasteiger partial charge is 0.377 e. The Labute approximate surface area is 139 Å². The Morgan fingerprint density at radius 2 is 1.75 bits per heavy atom. The molecule has 4 rings (SSSR count). The van der Waals surface area contributed by atoms with Gasteiger partial charge in [-0.2, -0.15) is 4.98 Å². The fourth-order valence-corrected chi connectivity index (χ4v) is 2.89. The Kier molecular flexibility index (Phi) is 3.59. The second kappa shape index (κ2) is 5.90. The van der Waals surface area contributed by atoms with Gasteiger partial charge in [-0.15, -0.1) is 10.2 Å². The van der Waals surface area contributed by atoms with E-state index in [1.807, 2.05) is 41.8 Å². The lowest BCUT2D eigenvalue weighted by molar-refractivity contribution is 0.177. The van der Waals surface area contributed by atoms with Crippen LogP contribution in [-0.4, -0.2) is 33.7 Å². The van der Waals surface area contributed by atoms with Crippen molar-refractivity contribution < 1.29 is 4.74 Å². The van der Waals surface area contributed by atoms with Crippen LogP contribution < -0.4 is 4.90 Å². The van der Waals surface area contributed by atoms with Gasteiger partial charge in [0.2, 0.25) is 0 Å². The monoisotopic (exact) mass is 319 g/mol. The first kappa shape index (κ1) is 14.6. The van der Waals surface area contributed by atoms with E-state index in [1.165, 1.54) is 0 Å². The molecular formula is C18H17N5O. The van der Waals surface area contributed by atoms with Crippen LogP contribution in [0.3, 0.4) is 0 Å². The van der Waals surface area contributed by atoms with Crippen LogP contribution >= 0.6 is 0 Å². The van der Waals surface area contributed by atoms with Crippen LogP contribution in [0.4, 0.5) is 11.5 Å². The summed E-state index contributed by atoms with van der Waals surface area (Å²) in [5.74, 6) is 2.16. The van der Waals surface area contributed by atoms with E-state index in [0.717, 1.165) is 28.2 Å². The summed E-state index contributed by atoms with van der Waals surface area (Å²) in [5, 5.41) is 9.47.